The summed E-state index contributed by atoms with van der Waals surface area (Å²) in [4.78, 5) is 12.6. The minimum atomic E-state index is -3.75. The number of benzene rings is 2. The van der Waals surface area contributed by atoms with Crippen LogP contribution in [0, 0.1) is 0 Å². The molecule has 6 nitrogen and oxygen atoms in total. The highest BCUT2D eigenvalue weighted by Crippen LogP contribution is 2.22. The second-order valence-corrected chi connectivity index (χ2v) is 9.36. The van der Waals surface area contributed by atoms with Crippen LogP contribution < -0.4 is 5.32 Å². The number of aliphatic hydroxyl groups excluding tert-OH is 1. The van der Waals surface area contributed by atoms with E-state index in [1.165, 1.54) is 22.0 Å². The van der Waals surface area contributed by atoms with Gasteiger partial charge in [-0.2, -0.15) is 4.31 Å². The lowest BCUT2D eigenvalue weighted by molar-refractivity contribution is 0.102. The lowest BCUT2D eigenvalue weighted by Crippen LogP contribution is -2.42. The van der Waals surface area contributed by atoms with Crippen LogP contribution in [0.5, 0.6) is 0 Å². The minimum Gasteiger partial charge on any atom is -0.392 e. The number of hydrogen-bond acceptors (Lipinski definition) is 4. The largest absolute Gasteiger partial charge is 0.392 e. The Balaban J connectivity index is 1.77. The number of nitrogens with one attached hydrogen (secondary N) is 1. The van der Waals surface area contributed by atoms with E-state index in [0.29, 0.717) is 31.0 Å². The van der Waals surface area contributed by atoms with Crippen molar-refractivity contribution >= 4 is 21.6 Å². The van der Waals surface area contributed by atoms with Crippen molar-refractivity contribution in [1.29, 1.82) is 0 Å². The van der Waals surface area contributed by atoms with Gasteiger partial charge < -0.3 is 10.4 Å². The van der Waals surface area contributed by atoms with Gasteiger partial charge in [0.15, 0.2) is 0 Å². The van der Waals surface area contributed by atoms with Crippen molar-refractivity contribution in [2.45, 2.75) is 43.6 Å². The summed E-state index contributed by atoms with van der Waals surface area (Å²) in [5.74, 6) is 0.0352. The molecule has 0 spiro atoms. The molecule has 1 fully saturated rings. The summed E-state index contributed by atoms with van der Waals surface area (Å²) in [6.45, 7) is 4.65. The number of nitrogens with zero attached hydrogens (tertiary/aromatic N) is 1. The van der Waals surface area contributed by atoms with Gasteiger partial charge in [-0.15, -0.1) is 0 Å². The number of β-amino-alcohol motifs (C(OH)–C–C–N with tert-alkyl or cyclic N) is 1. The number of sulfonamides is 1. The summed E-state index contributed by atoms with van der Waals surface area (Å²) in [6.07, 6.45) is 0.570. The Morgan fingerprint density at radius 1 is 1.18 bits per heavy atom. The first-order chi connectivity index (χ1) is 13.3. The zero-order valence-corrected chi connectivity index (χ0v) is 16.9. The van der Waals surface area contributed by atoms with Gasteiger partial charge in [0.25, 0.3) is 5.91 Å². The van der Waals surface area contributed by atoms with E-state index < -0.39 is 16.1 Å². The number of piperidine rings is 1. The maximum Gasteiger partial charge on any atom is 0.255 e. The minimum absolute atomic E-state index is 0.0596. The topological polar surface area (TPSA) is 86.7 Å². The highest BCUT2D eigenvalue weighted by Gasteiger charge is 2.29. The van der Waals surface area contributed by atoms with Gasteiger partial charge in [0.1, 0.15) is 0 Å². The number of aliphatic hydroxyl groups is 1. The van der Waals surface area contributed by atoms with E-state index in [1.54, 1.807) is 12.1 Å². The molecule has 2 aromatic carbocycles. The molecule has 0 aromatic heterocycles. The number of amides is 1. The van der Waals surface area contributed by atoms with Crippen molar-refractivity contribution in [3.8, 4) is 0 Å². The molecule has 1 atom stereocenters. The van der Waals surface area contributed by atoms with E-state index in [4.69, 9.17) is 0 Å². The van der Waals surface area contributed by atoms with E-state index >= 15 is 0 Å². The van der Waals surface area contributed by atoms with Gasteiger partial charge >= 0.3 is 0 Å². The molecule has 150 valence electrons. The zero-order chi connectivity index (χ0) is 20.3. The van der Waals surface area contributed by atoms with Gasteiger partial charge in [-0.05, 0) is 54.7 Å². The van der Waals surface area contributed by atoms with Gasteiger partial charge in [0, 0.05) is 24.3 Å². The van der Waals surface area contributed by atoms with Crippen molar-refractivity contribution in [2.75, 3.05) is 18.4 Å². The van der Waals surface area contributed by atoms with Gasteiger partial charge in [-0.3, -0.25) is 4.79 Å². The molecule has 28 heavy (non-hydrogen) atoms. The third-order valence-corrected chi connectivity index (χ3v) is 6.79. The van der Waals surface area contributed by atoms with Gasteiger partial charge in [0.2, 0.25) is 10.0 Å². The van der Waals surface area contributed by atoms with Crippen LogP contribution in [-0.4, -0.2) is 42.9 Å². The van der Waals surface area contributed by atoms with Crippen molar-refractivity contribution in [3.63, 3.8) is 0 Å². The number of hydrogen-bond donors (Lipinski definition) is 2. The molecule has 3 rings (SSSR count). The monoisotopic (exact) mass is 402 g/mol. The fraction of sp³-hybridized carbons (Fsp3) is 0.381. The highest BCUT2D eigenvalue weighted by molar-refractivity contribution is 7.89. The Labute approximate surface area is 166 Å². The normalized spacial score (nSPS) is 18.2. The first-order valence-corrected chi connectivity index (χ1v) is 10.9. The molecule has 1 amide bonds. The van der Waals surface area contributed by atoms with Crippen molar-refractivity contribution in [1.82, 2.24) is 4.31 Å². The van der Waals surface area contributed by atoms with Crippen LogP contribution in [0.25, 0.3) is 0 Å². The summed E-state index contributed by atoms with van der Waals surface area (Å²) >= 11 is 0. The summed E-state index contributed by atoms with van der Waals surface area (Å²) in [7, 11) is -3.75. The van der Waals surface area contributed by atoms with Crippen molar-refractivity contribution < 1.29 is 18.3 Å². The van der Waals surface area contributed by atoms with E-state index in [1.807, 2.05) is 24.3 Å². The average Bonchev–Trinajstić information content (AvgIpc) is 2.68. The summed E-state index contributed by atoms with van der Waals surface area (Å²) in [5, 5.41) is 12.6. The average molecular weight is 403 g/mol. The second kappa shape index (κ2) is 8.43. The maximum absolute atomic E-state index is 12.9. The maximum atomic E-state index is 12.9. The molecular formula is C21H26N2O4S. The molecule has 0 bridgehead atoms. The fourth-order valence-corrected chi connectivity index (χ4v) is 4.80. The first-order valence-electron chi connectivity index (χ1n) is 9.47. The number of carbonyl (C=O) groups is 1. The molecule has 2 aromatic rings. The molecule has 0 radical (unpaired) electrons. The highest BCUT2D eigenvalue weighted by atomic mass is 32.2. The van der Waals surface area contributed by atoms with Crippen LogP contribution in [0.1, 0.15) is 48.5 Å². The Morgan fingerprint density at radius 3 is 2.54 bits per heavy atom. The van der Waals surface area contributed by atoms with Crippen LogP contribution in [0.15, 0.2) is 53.4 Å². The number of rotatable bonds is 5. The predicted molar refractivity (Wildman–Crippen MR) is 109 cm³/mol. The molecule has 1 aliphatic rings. The molecule has 0 aliphatic carbocycles. The number of carbonyl (C=O) groups excluding carboxylic acids is 1. The van der Waals surface area contributed by atoms with Crippen molar-refractivity contribution in [3.05, 3.63) is 59.7 Å². The lowest BCUT2D eigenvalue weighted by atomic mass is 10.0. The Kier molecular flexibility index (Phi) is 6.17. The standard InChI is InChI=1S/C21H26N2O4S/c1-15(2)16-8-10-18(11-9-16)22-21(25)17-5-3-7-20(13-17)28(26,27)23-12-4-6-19(24)14-23/h3,5,7-11,13,15,19,24H,4,6,12,14H2,1-2H3,(H,22,25)/t19-/m1/s1. The Bertz CT molecular complexity index is 939. The molecule has 1 heterocycles. The number of anilines is 1. The SMILES string of the molecule is CC(C)c1ccc(NC(=O)c2cccc(S(=O)(=O)N3CCC[C@@H](O)C3)c2)cc1. The third-order valence-electron chi connectivity index (χ3n) is 4.93. The van der Waals surface area contributed by atoms with Crippen LogP contribution in [0.4, 0.5) is 5.69 Å². The molecule has 7 heteroatoms. The van der Waals surface area contributed by atoms with Gasteiger partial charge in [-0.25, -0.2) is 8.42 Å². The summed E-state index contributed by atoms with van der Waals surface area (Å²) in [5.41, 5.74) is 2.10. The molecule has 1 aliphatic heterocycles. The van der Waals surface area contributed by atoms with Gasteiger partial charge in [0.05, 0.1) is 11.0 Å². The fourth-order valence-electron chi connectivity index (χ4n) is 3.24. The van der Waals surface area contributed by atoms with Gasteiger partial charge in [-0.1, -0.05) is 32.0 Å². The molecule has 1 saturated heterocycles. The van der Waals surface area contributed by atoms with E-state index in [2.05, 4.69) is 19.2 Å². The quantitative estimate of drug-likeness (QED) is 0.804. The third kappa shape index (κ3) is 4.60. The smallest absolute Gasteiger partial charge is 0.255 e. The summed E-state index contributed by atoms with van der Waals surface area (Å²) < 4.78 is 27.0. The lowest BCUT2D eigenvalue weighted by Gasteiger charge is -2.29. The van der Waals surface area contributed by atoms with E-state index in [-0.39, 0.29) is 22.9 Å². The first kappa shape index (κ1) is 20.5. The van der Waals surface area contributed by atoms with E-state index in [0.717, 1.165) is 0 Å². The van der Waals surface area contributed by atoms with Crippen LogP contribution in [-0.2, 0) is 10.0 Å². The second-order valence-electron chi connectivity index (χ2n) is 7.42. The Morgan fingerprint density at radius 2 is 1.89 bits per heavy atom. The molecule has 0 unspecified atom stereocenters. The van der Waals surface area contributed by atoms with Crippen LogP contribution in [0.3, 0.4) is 0 Å². The molecular weight excluding hydrogens is 376 g/mol. The summed E-state index contributed by atoms with van der Waals surface area (Å²) in [6, 6.07) is 13.6. The molecule has 0 saturated carbocycles. The van der Waals surface area contributed by atoms with E-state index in [9.17, 15) is 18.3 Å². The van der Waals surface area contributed by atoms with Crippen LogP contribution >= 0.6 is 0 Å². The zero-order valence-electron chi connectivity index (χ0n) is 16.1. The van der Waals surface area contributed by atoms with Crippen LogP contribution in [0.2, 0.25) is 0 Å². The Hall–Kier alpha value is -2.22. The van der Waals surface area contributed by atoms with Crippen molar-refractivity contribution in [2.24, 2.45) is 0 Å². The molecule has 2 N–H and O–H groups in total. The predicted octanol–water partition coefficient (Wildman–Crippen LogP) is 3.21.